The van der Waals surface area contributed by atoms with Crippen molar-refractivity contribution in [2.24, 2.45) is 11.8 Å². The Hall–Kier alpha value is -1.59. The van der Waals surface area contributed by atoms with E-state index in [1.807, 2.05) is 11.8 Å². The lowest BCUT2D eigenvalue weighted by Crippen LogP contribution is -2.40. The molecule has 122 valence electrons. The van der Waals surface area contributed by atoms with Crippen LogP contribution in [0.4, 0.5) is 4.79 Å². The van der Waals surface area contributed by atoms with Crippen LogP contribution in [0.1, 0.15) is 51.7 Å². The fraction of sp³-hybridized carbons (Fsp3) is 0.812. The number of rotatable bonds is 4. The van der Waals surface area contributed by atoms with Gasteiger partial charge < -0.3 is 14.7 Å². The summed E-state index contributed by atoms with van der Waals surface area (Å²) in [4.78, 5) is 18.7. The molecule has 1 saturated heterocycles. The van der Waals surface area contributed by atoms with Crippen LogP contribution in [0.15, 0.2) is 4.52 Å². The Kier molecular flexibility index (Phi) is 4.10. The predicted octanol–water partition coefficient (Wildman–Crippen LogP) is 2.35. The lowest BCUT2D eigenvalue weighted by molar-refractivity contribution is 0.204. The standard InChI is InChI=1S/C16H26N4O2/c1-4-17-15(21)20-9-12-6-5-7-16(12,10-20)14-18-13(22-19-14)8-11(2)3/h11-12H,4-10H2,1-3H3,(H,17,21)/t12-,16-/m1/s1. The van der Waals surface area contributed by atoms with Crippen molar-refractivity contribution in [3.8, 4) is 0 Å². The molecule has 3 rings (SSSR count). The Labute approximate surface area is 131 Å². The van der Waals surface area contributed by atoms with E-state index < -0.39 is 0 Å². The van der Waals surface area contributed by atoms with Gasteiger partial charge in [-0.3, -0.25) is 0 Å². The number of amides is 2. The van der Waals surface area contributed by atoms with Crippen molar-refractivity contribution in [1.29, 1.82) is 0 Å². The highest BCUT2D eigenvalue weighted by molar-refractivity contribution is 5.74. The van der Waals surface area contributed by atoms with Crippen molar-refractivity contribution in [2.75, 3.05) is 19.6 Å². The Morgan fingerprint density at radius 2 is 2.36 bits per heavy atom. The second kappa shape index (κ2) is 5.89. The average Bonchev–Trinajstić information content (AvgIpc) is 3.10. The molecule has 0 unspecified atom stereocenters. The minimum absolute atomic E-state index is 0.0298. The fourth-order valence-corrected chi connectivity index (χ4v) is 3.96. The van der Waals surface area contributed by atoms with Gasteiger partial charge in [0.05, 0.1) is 5.41 Å². The van der Waals surface area contributed by atoms with Crippen LogP contribution < -0.4 is 5.32 Å². The van der Waals surface area contributed by atoms with Gasteiger partial charge in [0, 0.05) is 26.1 Å². The van der Waals surface area contributed by atoms with Crippen LogP contribution in [0.2, 0.25) is 0 Å². The maximum atomic E-state index is 12.2. The SMILES string of the molecule is CCNC(=O)N1C[C@H]2CCC[C@@]2(c2noc(CC(C)C)n2)C1. The molecule has 1 N–H and O–H groups in total. The van der Waals surface area contributed by atoms with Crippen molar-refractivity contribution >= 4 is 6.03 Å². The lowest BCUT2D eigenvalue weighted by atomic mass is 9.80. The normalized spacial score (nSPS) is 27.5. The van der Waals surface area contributed by atoms with Crippen LogP contribution in [0.5, 0.6) is 0 Å². The number of fused-ring (bicyclic) bond motifs is 1. The third-order valence-corrected chi connectivity index (χ3v) is 4.98. The van der Waals surface area contributed by atoms with Gasteiger partial charge in [0.25, 0.3) is 0 Å². The number of likely N-dealkylation sites (tertiary alicyclic amines) is 1. The maximum absolute atomic E-state index is 12.2. The molecule has 2 fully saturated rings. The fourth-order valence-electron chi connectivity index (χ4n) is 3.96. The zero-order valence-corrected chi connectivity index (χ0v) is 13.8. The van der Waals surface area contributed by atoms with Crippen molar-refractivity contribution in [3.63, 3.8) is 0 Å². The van der Waals surface area contributed by atoms with Crippen molar-refractivity contribution in [2.45, 2.75) is 51.9 Å². The van der Waals surface area contributed by atoms with E-state index in [-0.39, 0.29) is 11.4 Å². The first-order chi connectivity index (χ1) is 10.5. The molecule has 0 bridgehead atoms. The molecule has 1 saturated carbocycles. The number of carbonyl (C=O) groups is 1. The number of carbonyl (C=O) groups excluding carboxylic acids is 1. The predicted molar refractivity (Wildman–Crippen MR) is 82.5 cm³/mol. The molecule has 22 heavy (non-hydrogen) atoms. The van der Waals surface area contributed by atoms with Crippen LogP contribution in [0.25, 0.3) is 0 Å². The van der Waals surface area contributed by atoms with Crippen LogP contribution in [0, 0.1) is 11.8 Å². The second-order valence-corrected chi connectivity index (χ2v) is 7.07. The van der Waals surface area contributed by atoms with Crippen LogP contribution in [0.3, 0.4) is 0 Å². The summed E-state index contributed by atoms with van der Waals surface area (Å²) in [6, 6.07) is 0.0298. The summed E-state index contributed by atoms with van der Waals surface area (Å²) >= 11 is 0. The quantitative estimate of drug-likeness (QED) is 0.927. The van der Waals surface area contributed by atoms with Gasteiger partial charge in [-0.2, -0.15) is 4.98 Å². The van der Waals surface area contributed by atoms with E-state index >= 15 is 0 Å². The molecule has 1 aliphatic carbocycles. The summed E-state index contributed by atoms with van der Waals surface area (Å²) in [5.41, 5.74) is -0.0934. The minimum atomic E-state index is -0.0934. The minimum Gasteiger partial charge on any atom is -0.339 e. The monoisotopic (exact) mass is 306 g/mol. The third kappa shape index (κ3) is 2.59. The molecule has 1 aromatic rings. The van der Waals surface area contributed by atoms with Crippen LogP contribution in [-0.2, 0) is 11.8 Å². The summed E-state index contributed by atoms with van der Waals surface area (Å²) in [5, 5.41) is 7.18. The van der Waals surface area contributed by atoms with Gasteiger partial charge in [-0.05, 0) is 31.6 Å². The molecule has 2 aliphatic rings. The number of urea groups is 1. The Bertz CT molecular complexity index is 542. The van der Waals surface area contributed by atoms with Gasteiger partial charge in [0.15, 0.2) is 5.82 Å². The number of aromatic nitrogens is 2. The molecule has 0 radical (unpaired) electrons. The summed E-state index contributed by atoms with van der Waals surface area (Å²) in [6.45, 7) is 8.42. The highest BCUT2D eigenvalue weighted by Gasteiger charge is 2.54. The molecule has 2 atom stereocenters. The highest BCUT2D eigenvalue weighted by Crippen LogP contribution is 2.49. The van der Waals surface area contributed by atoms with Gasteiger partial charge in [0.1, 0.15) is 0 Å². The molecule has 6 heteroatoms. The summed E-state index contributed by atoms with van der Waals surface area (Å²) in [6.07, 6.45) is 4.19. The number of hydrogen-bond donors (Lipinski definition) is 1. The zero-order valence-electron chi connectivity index (χ0n) is 13.8. The highest BCUT2D eigenvalue weighted by atomic mass is 16.5. The van der Waals surface area contributed by atoms with Gasteiger partial charge >= 0.3 is 6.03 Å². The van der Waals surface area contributed by atoms with Gasteiger partial charge in [-0.1, -0.05) is 25.4 Å². The molecule has 2 heterocycles. The number of hydrogen-bond acceptors (Lipinski definition) is 4. The number of nitrogens with one attached hydrogen (secondary N) is 1. The molecular weight excluding hydrogens is 280 g/mol. The van der Waals surface area contributed by atoms with E-state index in [9.17, 15) is 4.79 Å². The number of nitrogens with zero attached hydrogens (tertiary/aromatic N) is 3. The summed E-state index contributed by atoms with van der Waals surface area (Å²) < 4.78 is 5.45. The zero-order chi connectivity index (χ0) is 15.7. The largest absolute Gasteiger partial charge is 0.339 e. The average molecular weight is 306 g/mol. The molecule has 0 spiro atoms. The topological polar surface area (TPSA) is 71.3 Å². The first-order valence-corrected chi connectivity index (χ1v) is 8.41. The molecule has 1 aliphatic heterocycles. The Balaban J connectivity index is 1.81. The third-order valence-electron chi connectivity index (χ3n) is 4.98. The van der Waals surface area contributed by atoms with E-state index in [1.165, 1.54) is 6.42 Å². The van der Waals surface area contributed by atoms with Crippen molar-refractivity contribution in [1.82, 2.24) is 20.4 Å². The molecule has 2 amide bonds. The second-order valence-electron chi connectivity index (χ2n) is 7.07. The molecule has 0 aromatic carbocycles. The Morgan fingerprint density at radius 1 is 1.55 bits per heavy atom. The first kappa shape index (κ1) is 15.3. The molecule has 6 nitrogen and oxygen atoms in total. The van der Waals surface area contributed by atoms with Crippen molar-refractivity contribution < 1.29 is 9.32 Å². The van der Waals surface area contributed by atoms with Gasteiger partial charge in [0.2, 0.25) is 5.89 Å². The molecule has 1 aromatic heterocycles. The lowest BCUT2D eigenvalue weighted by Gasteiger charge is -2.24. The van der Waals surface area contributed by atoms with E-state index in [2.05, 4.69) is 29.3 Å². The van der Waals surface area contributed by atoms with E-state index in [0.29, 0.717) is 24.9 Å². The van der Waals surface area contributed by atoms with E-state index in [1.54, 1.807) is 0 Å². The van der Waals surface area contributed by atoms with Gasteiger partial charge in [-0.15, -0.1) is 0 Å². The van der Waals surface area contributed by atoms with Crippen LogP contribution >= 0.6 is 0 Å². The molecular formula is C16H26N4O2. The van der Waals surface area contributed by atoms with Crippen molar-refractivity contribution in [3.05, 3.63) is 11.7 Å². The Morgan fingerprint density at radius 3 is 3.09 bits per heavy atom. The van der Waals surface area contributed by atoms with Gasteiger partial charge in [-0.25, -0.2) is 4.79 Å². The van der Waals surface area contributed by atoms with E-state index in [4.69, 9.17) is 4.52 Å². The maximum Gasteiger partial charge on any atom is 0.317 e. The smallest absolute Gasteiger partial charge is 0.317 e. The summed E-state index contributed by atoms with van der Waals surface area (Å²) in [7, 11) is 0. The van der Waals surface area contributed by atoms with E-state index in [0.717, 1.165) is 37.5 Å². The van der Waals surface area contributed by atoms with Crippen LogP contribution in [-0.4, -0.2) is 40.7 Å². The summed E-state index contributed by atoms with van der Waals surface area (Å²) in [5.74, 6) is 2.50. The first-order valence-electron chi connectivity index (χ1n) is 8.41.